The first-order valence-electron chi connectivity index (χ1n) is 8.30. The first-order chi connectivity index (χ1) is 12.0. The van der Waals surface area contributed by atoms with E-state index in [0.29, 0.717) is 10.3 Å². The lowest BCUT2D eigenvalue weighted by Gasteiger charge is -2.20. The summed E-state index contributed by atoms with van der Waals surface area (Å²) in [5.41, 5.74) is 1.07. The zero-order valence-electron chi connectivity index (χ0n) is 14.7. The van der Waals surface area contributed by atoms with Gasteiger partial charge in [-0.3, -0.25) is 4.79 Å². The van der Waals surface area contributed by atoms with Crippen LogP contribution in [0.1, 0.15) is 32.4 Å². The molecule has 0 saturated heterocycles. The normalized spacial score (nSPS) is 11.8. The van der Waals surface area contributed by atoms with Crippen molar-refractivity contribution < 1.29 is 4.79 Å². The first-order valence-corrected chi connectivity index (χ1v) is 9.66. The van der Waals surface area contributed by atoms with Gasteiger partial charge < -0.3 is 10.2 Å². The Bertz CT molecular complexity index is 695. The Morgan fingerprint density at radius 1 is 1.24 bits per heavy atom. The highest BCUT2D eigenvalue weighted by atomic mass is 35.5. The number of thioether (sulfide) groups is 1. The Morgan fingerprint density at radius 3 is 2.56 bits per heavy atom. The zero-order chi connectivity index (χ0) is 18.2. The molecule has 1 atom stereocenters. The summed E-state index contributed by atoms with van der Waals surface area (Å²) >= 11 is 7.38. The van der Waals surface area contributed by atoms with E-state index in [1.54, 1.807) is 6.07 Å². The predicted molar refractivity (Wildman–Crippen MR) is 104 cm³/mol. The highest BCUT2D eigenvalue weighted by Gasteiger charge is 2.13. The van der Waals surface area contributed by atoms with Crippen molar-refractivity contribution in [1.82, 2.24) is 15.3 Å². The van der Waals surface area contributed by atoms with Crippen LogP contribution in [0.5, 0.6) is 0 Å². The van der Waals surface area contributed by atoms with Gasteiger partial charge in [-0.05, 0) is 26.3 Å². The SMILES string of the molecule is CCN(CC)c1cc(Cl)nc(SCC(=O)NC(C)c2ccccc2)n1. The first kappa shape index (κ1) is 19.5. The molecule has 0 aliphatic rings. The van der Waals surface area contributed by atoms with E-state index < -0.39 is 0 Å². The minimum Gasteiger partial charge on any atom is -0.357 e. The fraction of sp³-hybridized carbons (Fsp3) is 0.389. The summed E-state index contributed by atoms with van der Waals surface area (Å²) in [6, 6.07) is 11.6. The van der Waals surface area contributed by atoms with E-state index in [1.165, 1.54) is 11.8 Å². The van der Waals surface area contributed by atoms with Crippen LogP contribution in [0.15, 0.2) is 41.6 Å². The number of halogens is 1. The Labute approximate surface area is 158 Å². The van der Waals surface area contributed by atoms with Crippen molar-refractivity contribution in [2.24, 2.45) is 0 Å². The maximum atomic E-state index is 12.2. The molecule has 0 spiro atoms. The summed E-state index contributed by atoms with van der Waals surface area (Å²) in [6.45, 7) is 7.76. The second-order valence-electron chi connectivity index (χ2n) is 5.49. The smallest absolute Gasteiger partial charge is 0.230 e. The molecule has 25 heavy (non-hydrogen) atoms. The summed E-state index contributed by atoms with van der Waals surface area (Å²) in [4.78, 5) is 23.0. The number of hydrogen-bond acceptors (Lipinski definition) is 5. The molecule has 1 heterocycles. The molecule has 0 saturated carbocycles. The molecule has 0 fully saturated rings. The Hall–Kier alpha value is -1.79. The number of nitrogens with one attached hydrogen (secondary N) is 1. The molecule has 0 aliphatic carbocycles. The second kappa shape index (κ2) is 9.63. The van der Waals surface area contributed by atoms with Crippen molar-refractivity contribution in [3.05, 3.63) is 47.1 Å². The Morgan fingerprint density at radius 2 is 1.92 bits per heavy atom. The highest BCUT2D eigenvalue weighted by Crippen LogP contribution is 2.22. The second-order valence-corrected chi connectivity index (χ2v) is 6.82. The van der Waals surface area contributed by atoms with Crippen LogP contribution in [-0.4, -0.2) is 34.7 Å². The van der Waals surface area contributed by atoms with Gasteiger partial charge in [0.2, 0.25) is 5.91 Å². The van der Waals surface area contributed by atoms with E-state index in [2.05, 4.69) is 34.0 Å². The number of anilines is 1. The molecule has 1 N–H and O–H groups in total. The summed E-state index contributed by atoms with van der Waals surface area (Å²) in [6.07, 6.45) is 0. The molecule has 7 heteroatoms. The zero-order valence-corrected chi connectivity index (χ0v) is 16.3. The minimum absolute atomic E-state index is 0.0409. The molecule has 2 aromatic rings. The molecule has 0 aliphatic heterocycles. The topological polar surface area (TPSA) is 58.1 Å². The van der Waals surface area contributed by atoms with Gasteiger partial charge in [-0.25, -0.2) is 9.97 Å². The van der Waals surface area contributed by atoms with Gasteiger partial charge in [-0.2, -0.15) is 0 Å². The van der Waals surface area contributed by atoms with E-state index in [4.69, 9.17) is 11.6 Å². The molecule has 0 bridgehead atoms. The number of carbonyl (C=O) groups excluding carboxylic acids is 1. The summed E-state index contributed by atoms with van der Waals surface area (Å²) in [7, 11) is 0. The van der Waals surface area contributed by atoms with Crippen LogP contribution in [-0.2, 0) is 4.79 Å². The third-order valence-electron chi connectivity index (χ3n) is 3.76. The summed E-state index contributed by atoms with van der Waals surface area (Å²) < 4.78 is 0. The van der Waals surface area contributed by atoms with Crippen LogP contribution < -0.4 is 10.2 Å². The molecule has 2 rings (SSSR count). The van der Waals surface area contributed by atoms with Crippen LogP contribution in [0, 0.1) is 0 Å². The van der Waals surface area contributed by atoms with Crippen LogP contribution in [0.2, 0.25) is 5.15 Å². The van der Waals surface area contributed by atoms with Gasteiger partial charge in [0, 0.05) is 19.2 Å². The van der Waals surface area contributed by atoms with Crippen LogP contribution >= 0.6 is 23.4 Å². The van der Waals surface area contributed by atoms with E-state index >= 15 is 0 Å². The number of nitrogens with zero attached hydrogens (tertiary/aromatic N) is 3. The minimum atomic E-state index is -0.0608. The number of aromatic nitrogens is 2. The lowest BCUT2D eigenvalue weighted by Crippen LogP contribution is -2.28. The van der Waals surface area contributed by atoms with E-state index in [9.17, 15) is 4.79 Å². The van der Waals surface area contributed by atoms with Gasteiger partial charge in [0.1, 0.15) is 11.0 Å². The molecule has 1 aromatic heterocycles. The standard InChI is InChI=1S/C18H23ClN4OS/c1-4-23(5-2)16-11-15(19)21-18(22-16)25-12-17(24)20-13(3)14-9-7-6-8-10-14/h6-11,13H,4-5,12H2,1-3H3,(H,20,24). The lowest BCUT2D eigenvalue weighted by molar-refractivity contribution is -0.119. The predicted octanol–water partition coefficient (Wildman–Crippen LogP) is 3.95. The maximum Gasteiger partial charge on any atom is 0.230 e. The quantitative estimate of drug-likeness (QED) is 0.428. The van der Waals surface area contributed by atoms with Crippen LogP contribution in [0.25, 0.3) is 0 Å². The average Bonchev–Trinajstić information content (AvgIpc) is 2.61. The van der Waals surface area contributed by atoms with E-state index in [1.807, 2.05) is 37.3 Å². The molecule has 1 aromatic carbocycles. The van der Waals surface area contributed by atoms with Gasteiger partial charge in [0.25, 0.3) is 0 Å². The summed E-state index contributed by atoms with van der Waals surface area (Å²) in [5, 5.41) is 3.88. The maximum absolute atomic E-state index is 12.2. The number of carbonyl (C=O) groups is 1. The van der Waals surface area contributed by atoms with Crippen molar-refractivity contribution >= 4 is 35.1 Å². The van der Waals surface area contributed by atoms with Crippen molar-refractivity contribution in [2.45, 2.75) is 32.0 Å². The fourth-order valence-electron chi connectivity index (χ4n) is 2.40. The van der Waals surface area contributed by atoms with Gasteiger partial charge in [-0.1, -0.05) is 53.7 Å². The fourth-order valence-corrected chi connectivity index (χ4v) is 3.29. The molecule has 1 unspecified atom stereocenters. The van der Waals surface area contributed by atoms with Crippen molar-refractivity contribution in [2.75, 3.05) is 23.7 Å². The van der Waals surface area contributed by atoms with Crippen LogP contribution in [0.3, 0.4) is 0 Å². The van der Waals surface area contributed by atoms with Gasteiger partial charge in [0.15, 0.2) is 5.16 Å². The van der Waals surface area contributed by atoms with E-state index in [-0.39, 0.29) is 17.7 Å². The largest absolute Gasteiger partial charge is 0.357 e. The van der Waals surface area contributed by atoms with Crippen molar-refractivity contribution in [3.63, 3.8) is 0 Å². The van der Waals surface area contributed by atoms with Crippen molar-refractivity contribution in [3.8, 4) is 0 Å². The molecular weight excluding hydrogens is 356 g/mol. The number of rotatable bonds is 8. The highest BCUT2D eigenvalue weighted by molar-refractivity contribution is 7.99. The van der Waals surface area contributed by atoms with Gasteiger partial charge in [0.05, 0.1) is 11.8 Å². The monoisotopic (exact) mass is 378 g/mol. The Balaban J connectivity index is 1.95. The van der Waals surface area contributed by atoms with Gasteiger partial charge in [-0.15, -0.1) is 0 Å². The Kier molecular flexibility index (Phi) is 7.52. The van der Waals surface area contributed by atoms with Gasteiger partial charge >= 0.3 is 0 Å². The molecule has 134 valence electrons. The molecule has 5 nitrogen and oxygen atoms in total. The van der Waals surface area contributed by atoms with Crippen LogP contribution in [0.4, 0.5) is 5.82 Å². The third kappa shape index (κ3) is 5.90. The molecule has 1 amide bonds. The molecular formula is C18H23ClN4OS. The van der Waals surface area contributed by atoms with E-state index in [0.717, 1.165) is 24.5 Å². The third-order valence-corrected chi connectivity index (χ3v) is 4.80. The average molecular weight is 379 g/mol. The van der Waals surface area contributed by atoms with Crippen molar-refractivity contribution in [1.29, 1.82) is 0 Å². The lowest BCUT2D eigenvalue weighted by atomic mass is 10.1. The number of benzene rings is 1. The summed E-state index contributed by atoms with van der Waals surface area (Å²) in [5.74, 6) is 0.967. The number of amides is 1. The number of hydrogen-bond donors (Lipinski definition) is 1. The molecule has 0 radical (unpaired) electrons.